The zero-order chi connectivity index (χ0) is 24.4. The summed E-state index contributed by atoms with van der Waals surface area (Å²) in [6, 6.07) is 11.5. The number of halogens is 1. The van der Waals surface area contributed by atoms with Crippen LogP contribution in [0.25, 0.3) is 0 Å². The van der Waals surface area contributed by atoms with Crippen LogP contribution < -0.4 is 5.32 Å². The average molecular weight is 500 g/mol. The van der Waals surface area contributed by atoms with Crippen LogP contribution in [0.15, 0.2) is 41.8 Å². The quantitative estimate of drug-likeness (QED) is 0.464. The molecule has 3 N–H and O–H groups in total. The summed E-state index contributed by atoms with van der Waals surface area (Å²) in [6.45, 7) is 4.79. The number of aliphatic hydroxyl groups excluding tert-OH is 2. The fourth-order valence-electron chi connectivity index (χ4n) is 4.07. The normalized spacial score (nSPS) is 14.6. The summed E-state index contributed by atoms with van der Waals surface area (Å²) in [5, 5.41) is 26.3. The van der Waals surface area contributed by atoms with E-state index in [1.807, 2.05) is 17.5 Å². The average Bonchev–Trinajstić information content (AvgIpc) is 3.44. The molecule has 0 saturated carbocycles. The molecule has 0 fully saturated rings. The number of thiazole rings is 1. The molecule has 7 nitrogen and oxygen atoms in total. The van der Waals surface area contributed by atoms with E-state index < -0.39 is 24.0 Å². The van der Waals surface area contributed by atoms with Gasteiger partial charge in [0, 0.05) is 29.9 Å². The van der Waals surface area contributed by atoms with Crippen molar-refractivity contribution in [2.75, 3.05) is 0 Å². The fourth-order valence-corrected chi connectivity index (χ4v) is 5.00. The molecule has 2 amide bonds. The zero-order valence-electron chi connectivity index (χ0n) is 18.9. The minimum Gasteiger partial charge on any atom is -0.380 e. The van der Waals surface area contributed by atoms with Crippen LogP contribution in [0, 0.1) is 13.8 Å². The Kier molecular flexibility index (Phi) is 7.33. The van der Waals surface area contributed by atoms with Crippen molar-refractivity contribution in [1.29, 1.82) is 0 Å². The Morgan fingerprint density at radius 1 is 1.12 bits per heavy atom. The topological polar surface area (TPSA) is 103 Å². The van der Waals surface area contributed by atoms with Crippen molar-refractivity contribution in [3.8, 4) is 0 Å². The maximum absolute atomic E-state index is 12.6. The number of nitrogens with one attached hydrogen (secondary N) is 1. The van der Waals surface area contributed by atoms with Crippen LogP contribution >= 0.6 is 22.9 Å². The highest BCUT2D eigenvalue weighted by Crippen LogP contribution is 2.26. The van der Waals surface area contributed by atoms with Crippen LogP contribution in [0.3, 0.4) is 0 Å². The van der Waals surface area contributed by atoms with Gasteiger partial charge in [0.15, 0.2) is 12.2 Å². The number of nitrogens with zero attached hydrogens (tertiary/aromatic N) is 2. The first-order valence-corrected chi connectivity index (χ1v) is 12.2. The molecule has 4 rings (SSSR count). The Labute approximate surface area is 207 Å². The number of aliphatic hydroxyl groups is 2. The molecular weight excluding hydrogens is 474 g/mol. The first-order chi connectivity index (χ1) is 16.2. The van der Waals surface area contributed by atoms with E-state index in [9.17, 15) is 19.8 Å². The Bertz CT molecular complexity index is 1210. The van der Waals surface area contributed by atoms with Crippen molar-refractivity contribution in [2.24, 2.45) is 0 Å². The molecule has 1 aliphatic rings. The van der Waals surface area contributed by atoms with E-state index in [0.717, 1.165) is 16.8 Å². The number of aryl methyl sites for hydroxylation is 2. The minimum atomic E-state index is -1.88. The van der Waals surface area contributed by atoms with Gasteiger partial charge in [-0.1, -0.05) is 35.9 Å². The number of benzene rings is 2. The highest BCUT2D eigenvalue weighted by atomic mass is 35.5. The summed E-state index contributed by atoms with van der Waals surface area (Å²) < 4.78 is 0. The van der Waals surface area contributed by atoms with Crippen LogP contribution in [-0.4, -0.2) is 44.1 Å². The number of hydrogen-bond acceptors (Lipinski definition) is 6. The summed E-state index contributed by atoms with van der Waals surface area (Å²) in [6.07, 6.45) is -3.04. The second-order valence-electron chi connectivity index (χ2n) is 8.49. The molecule has 0 bridgehead atoms. The fraction of sp³-hybridized carbons (Fsp3) is 0.320. The van der Waals surface area contributed by atoms with E-state index in [-0.39, 0.29) is 13.1 Å². The summed E-state index contributed by atoms with van der Waals surface area (Å²) in [4.78, 5) is 31.0. The molecular formula is C25H26ClN3O4S. The van der Waals surface area contributed by atoms with E-state index >= 15 is 0 Å². The third kappa shape index (κ3) is 5.31. The number of carbonyl (C=O) groups is 2. The van der Waals surface area contributed by atoms with Crippen LogP contribution in [0.4, 0.5) is 0 Å². The van der Waals surface area contributed by atoms with Gasteiger partial charge in [0.1, 0.15) is 5.01 Å². The minimum absolute atomic E-state index is 0.0991. The van der Waals surface area contributed by atoms with Crippen LogP contribution in [-0.2, 0) is 35.6 Å². The second-order valence-corrected chi connectivity index (χ2v) is 9.87. The third-order valence-electron chi connectivity index (χ3n) is 6.04. The lowest BCUT2D eigenvalue weighted by Crippen LogP contribution is -2.49. The molecule has 0 saturated heterocycles. The third-order valence-corrected chi connectivity index (χ3v) is 7.17. The van der Waals surface area contributed by atoms with Crippen LogP contribution in [0.2, 0.25) is 5.02 Å². The lowest BCUT2D eigenvalue weighted by molar-refractivity contribution is -0.153. The van der Waals surface area contributed by atoms with E-state index in [0.29, 0.717) is 23.0 Å². The van der Waals surface area contributed by atoms with Crippen LogP contribution in [0.5, 0.6) is 0 Å². The maximum atomic E-state index is 12.6. The predicted octanol–water partition coefficient (Wildman–Crippen LogP) is 2.88. The summed E-state index contributed by atoms with van der Waals surface area (Å²) in [5.41, 5.74) is 6.34. The van der Waals surface area contributed by atoms with Gasteiger partial charge in [0.2, 0.25) is 0 Å². The molecule has 178 valence electrons. The van der Waals surface area contributed by atoms with E-state index in [1.54, 1.807) is 12.1 Å². The Balaban J connectivity index is 1.30. The van der Waals surface area contributed by atoms with Gasteiger partial charge < -0.3 is 20.4 Å². The molecule has 3 aromatic rings. The number of carbonyl (C=O) groups excluding carboxylic acids is 2. The van der Waals surface area contributed by atoms with Gasteiger partial charge >= 0.3 is 0 Å². The largest absolute Gasteiger partial charge is 0.380 e. The SMILES string of the molecule is Cc1cccc(C)c1Cc1csc(CNC(=O)[C@H](O)[C@@H](O)C(=O)N2Cc3ccc(Cl)cc3C2)n1. The van der Waals surface area contributed by atoms with Crippen molar-refractivity contribution in [3.63, 3.8) is 0 Å². The molecule has 2 atom stereocenters. The van der Waals surface area contributed by atoms with Gasteiger partial charge in [-0.2, -0.15) is 0 Å². The van der Waals surface area contributed by atoms with E-state index in [4.69, 9.17) is 11.6 Å². The summed E-state index contributed by atoms with van der Waals surface area (Å²) in [7, 11) is 0. The molecule has 0 spiro atoms. The van der Waals surface area contributed by atoms with Gasteiger partial charge in [-0.25, -0.2) is 4.98 Å². The summed E-state index contributed by atoms with van der Waals surface area (Å²) >= 11 is 7.40. The first-order valence-electron chi connectivity index (χ1n) is 10.9. The monoisotopic (exact) mass is 499 g/mol. The number of amides is 2. The van der Waals surface area contributed by atoms with E-state index in [2.05, 4.69) is 36.3 Å². The van der Waals surface area contributed by atoms with Crippen molar-refractivity contribution in [2.45, 2.75) is 52.1 Å². The smallest absolute Gasteiger partial charge is 0.255 e. The van der Waals surface area contributed by atoms with Crippen molar-refractivity contribution in [1.82, 2.24) is 15.2 Å². The molecule has 1 aliphatic heterocycles. The molecule has 2 aromatic carbocycles. The van der Waals surface area contributed by atoms with Gasteiger partial charge in [-0.05, 0) is 53.8 Å². The predicted molar refractivity (Wildman–Crippen MR) is 130 cm³/mol. The lowest BCUT2D eigenvalue weighted by atomic mass is 9.99. The van der Waals surface area contributed by atoms with Gasteiger partial charge in [-0.15, -0.1) is 11.3 Å². The molecule has 34 heavy (non-hydrogen) atoms. The zero-order valence-corrected chi connectivity index (χ0v) is 20.5. The van der Waals surface area contributed by atoms with Crippen LogP contribution in [0.1, 0.15) is 38.5 Å². The molecule has 0 radical (unpaired) electrons. The highest BCUT2D eigenvalue weighted by Gasteiger charge is 2.35. The Morgan fingerprint density at radius 3 is 2.56 bits per heavy atom. The highest BCUT2D eigenvalue weighted by molar-refractivity contribution is 7.09. The van der Waals surface area contributed by atoms with Crippen molar-refractivity contribution >= 4 is 34.8 Å². The van der Waals surface area contributed by atoms with Crippen molar-refractivity contribution < 1.29 is 19.8 Å². The van der Waals surface area contributed by atoms with Gasteiger partial charge in [0.05, 0.1) is 12.2 Å². The number of aromatic nitrogens is 1. The Hall–Kier alpha value is -2.78. The van der Waals surface area contributed by atoms with Crippen molar-refractivity contribution in [3.05, 3.63) is 85.3 Å². The Morgan fingerprint density at radius 2 is 1.82 bits per heavy atom. The molecule has 0 unspecified atom stereocenters. The molecule has 2 heterocycles. The molecule has 0 aliphatic carbocycles. The lowest BCUT2D eigenvalue weighted by Gasteiger charge is -2.22. The standard InChI is InChI=1S/C25H26ClN3O4S/c1-14-4-3-5-15(2)20(14)9-19-13-34-21(28-19)10-27-24(32)22(30)23(31)25(33)29-11-16-6-7-18(26)8-17(16)12-29/h3-8,13,22-23,30-31H,9-12H2,1-2H3,(H,27,32)/t22-,23-/m1/s1. The summed E-state index contributed by atoms with van der Waals surface area (Å²) in [5.74, 6) is -1.53. The molecule has 9 heteroatoms. The van der Waals surface area contributed by atoms with Gasteiger partial charge in [0.25, 0.3) is 11.8 Å². The number of fused-ring (bicyclic) bond motifs is 1. The number of rotatable bonds is 7. The van der Waals surface area contributed by atoms with E-state index in [1.165, 1.54) is 32.9 Å². The van der Waals surface area contributed by atoms with Gasteiger partial charge in [-0.3, -0.25) is 9.59 Å². The first kappa shape index (κ1) is 24.3. The maximum Gasteiger partial charge on any atom is 0.255 e. The number of hydrogen-bond donors (Lipinski definition) is 3. The second kappa shape index (κ2) is 10.2. The molecule has 1 aromatic heterocycles.